The summed E-state index contributed by atoms with van der Waals surface area (Å²) in [6.45, 7) is 8.02. The Balaban J connectivity index is 2.46. The average molecular weight is 280 g/mol. The predicted octanol–water partition coefficient (Wildman–Crippen LogP) is 1.75. The molecule has 1 N–H and O–H groups in total. The second kappa shape index (κ2) is 7.24. The fraction of sp³-hybridized carbons (Fsp3) is 0.600. The van der Waals surface area contributed by atoms with E-state index in [1.165, 1.54) is 6.92 Å². The summed E-state index contributed by atoms with van der Waals surface area (Å²) in [5.41, 5.74) is 0. The van der Waals surface area contributed by atoms with Gasteiger partial charge in [-0.2, -0.15) is 0 Å². The maximum Gasteiger partial charge on any atom is 0.234 e. The third-order valence-corrected chi connectivity index (χ3v) is 3.06. The van der Waals surface area contributed by atoms with Crippen LogP contribution in [0.25, 0.3) is 0 Å². The Hall–Kier alpha value is -1.62. The summed E-state index contributed by atoms with van der Waals surface area (Å²) in [7, 11) is 1.84. The molecule has 1 rings (SSSR count). The Bertz CT molecular complexity index is 465. The van der Waals surface area contributed by atoms with Crippen LogP contribution in [0.15, 0.2) is 16.5 Å². The van der Waals surface area contributed by atoms with E-state index in [4.69, 9.17) is 4.42 Å². The number of ketones is 1. The molecule has 1 unspecified atom stereocenters. The SMILES string of the molecule is CC(=O)C(NC(=O)CN(C)Cc1ccc(C)o1)C(C)C. The summed E-state index contributed by atoms with van der Waals surface area (Å²) >= 11 is 0. The number of nitrogens with zero attached hydrogens (tertiary/aromatic N) is 1. The second-order valence-electron chi connectivity index (χ2n) is 5.58. The van der Waals surface area contributed by atoms with Gasteiger partial charge in [0.1, 0.15) is 11.5 Å². The van der Waals surface area contributed by atoms with E-state index >= 15 is 0 Å². The third-order valence-electron chi connectivity index (χ3n) is 3.06. The van der Waals surface area contributed by atoms with Crippen molar-refractivity contribution in [2.75, 3.05) is 13.6 Å². The van der Waals surface area contributed by atoms with Gasteiger partial charge in [-0.15, -0.1) is 0 Å². The molecule has 0 aliphatic carbocycles. The first-order valence-corrected chi connectivity index (χ1v) is 6.83. The van der Waals surface area contributed by atoms with Crippen LogP contribution < -0.4 is 5.32 Å². The van der Waals surface area contributed by atoms with E-state index in [1.807, 2.05) is 44.9 Å². The molecular weight excluding hydrogens is 256 g/mol. The van der Waals surface area contributed by atoms with Crippen molar-refractivity contribution >= 4 is 11.7 Å². The van der Waals surface area contributed by atoms with Gasteiger partial charge in [0, 0.05) is 0 Å². The molecule has 1 amide bonds. The molecule has 0 spiro atoms. The molecule has 5 nitrogen and oxygen atoms in total. The van der Waals surface area contributed by atoms with Gasteiger partial charge < -0.3 is 9.73 Å². The molecule has 1 heterocycles. The van der Waals surface area contributed by atoms with Crippen molar-refractivity contribution in [3.63, 3.8) is 0 Å². The highest BCUT2D eigenvalue weighted by atomic mass is 16.3. The number of furan rings is 1. The monoisotopic (exact) mass is 280 g/mol. The normalized spacial score (nSPS) is 12.8. The largest absolute Gasteiger partial charge is 0.465 e. The van der Waals surface area contributed by atoms with Gasteiger partial charge in [0.25, 0.3) is 0 Å². The molecule has 0 aliphatic heterocycles. The lowest BCUT2D eigenvalue weighted by Gasteiger charge is -2.21. The molecule has 112 valence electrons. The van der Waals surface area contributed by atoms with E-state index < -0.39 is 6.04 Å². The molecule has 0 aromatic carbocycles. The maximum atomic E-state index is 11.9. The Kier molecular flexibility index (Phi) is 5.95. The number of Topliss-reactive ketones (excluding diaryl/α,β-unsaturated/α-hetero) is 1. The first kappa shape index (κ1) is 16.4. The van der Waals surface area contributed by atoms with Crippen molar-refractivity contribution < 1.29 is 14.0 Å². The zero-order valence-corrected chi connectivity index (χ0v) is 12.9. The number of hydrogen-bond acceptors (Lipinski definition) is 4. The van der Waals surface area contributed by atoms with E-state index in [9.17, 15) is 9.59 Å². The first-order chi connectivity index (χ1) is 9.29. The van der Waals surface area contributed by atoms with E-state index in [2.05, 4.69) is 5.32 Å². The molecule has 1 aromatic rings. The molecule has 0 saturated heterocycles. The summed E-state index contributed by atoms with van der Waals surface area (Å²) < 4.78 is 5.47. The van der Waals surface area contributed by atoms with Gasteiger partial charge in [-0.25, -0.2) is 0 Å². The van der Waals surface area contributed by atoms with Crippen LogP contribution in [-0.2, 0) is 16.1 Å². The highest BCUT2D eigenvalue weighted by molar-refractivity contribution is 5.88. The zero-order chi connectivity index (χ0) is 15.3. The van der Waals surface area contributed by atoms with Crippen LogP contribution in [0.2, 0.25) is 0 Å². The number of nitrogens with one attached hydrogen (secondary N) is 1. The molecule has 0 aliphatic rings. The van der Waals surface area contributed by atoms with Crippen molar-refractivity contribution in [2.24, 2.45) is 5.92 Å². The Morgan fingerprint density at radius 3 is 2.45 bits per heavy atom. The molecule has 0 bridgehead atoms. The number of carbonyl (C=O) groups is 2. The molecule has 20 heavy (non-hydrogen) atoms. The van der Waals surface area contributed by atoms with Crippen molar-refractivity contribution in [3.05, 3.63) is 23.7 Å². The number of carbonyl (C=O) groups excluding carboxylic acids is 2. The van der Waals surface area contributed by atoms with E-state index in [0.29, 0.717) is 6.54 Å². The Labute approximate surface area is 120 Å². The fourth-order valence-electron chi connectivity index (χ4n) is 2.09. The van der Waals surface area contributed by atoms with Crippen LogP contribution in [0.5, 0.6) is 0 Å². The minimum atomic E-state index is -0.415. The summed E-state index contributed by atoms with van der Waals surface area (Å²) in [5, 5.41) is 2.78. The number of aryl methyl sites for hydroxylation is 1. The molecule has 0 radical (unpaired) electrons. The lowest BCUT2D eigenvalue weighted by atomic mass is 10.0. The molecule has 0 saturated carbocycles. The minimum Gasteiger partial charge on any atom is -0.465 e. The van der Waals surface area contributed by atoms with Crippen LogP contribution in [-0.4, -0.2) is 36.2 Å². The quantitative estimate of drug-likeness (QED) is 0.826. The van der Waals surface area contributed by atoms with Gasteiger partial charge in [0.2, 0.25) is 5.91 Å². The van der Waals surface area contributed by atoms with Gasteiger partial charge in [-0.05, 0) is 38.9 Å². The maximum absolute atomic E-state index is 11.9. The summed E-state index contributed by atoms with van der Waals surface area (Å²) in [5.74, 6) is 1.61. The fourth-order valence-corrected chi connectivity index (χ4v) is 2.09. The first-order valence-electron chi connectivity index (χ1n) is 6.83. The van der Waals surface area contributed by atoms with Crippen LogP contribution >= 0.6 is 0 Å². The van der Waals surface area contributed by atoms with Crippen molar-refractivity contribution in [1.82, 2.24) is 10.2 Å². The van der Waals surface area contributed by atoms with Gasteiger partial charge in [0.05, 0.1) is 19.1 Å². The zero-order valence-electron chi connectivity index (χ0n) is 12.9. The van der Waals surface area contributed by atoms with E-state index in [1.54, 1.807) is 0 Å². The summed E-state index contributed by atoms with van der Waals surface area (Å²) in [4.78, 5) is 25.2. The van der Waals surface area contributed by atoms with Gasteiger partial charge in [0.15, 0.2) is 5.78 Å². The van der Waals surface area contributed by atoms with Gasteiger partial charge in [-0.3, -0.25) is 14.5 Å². The number of amides is 1. The van der Waals surface area contributed by atoms with Crippen LogP contribution in [0.4, 0.5) is 0 Å². The van der Waals surface area contributed by atoms with Crippen LogP contribution in [0.1, 0.15) is 32.3 Å². The van der Waals surface area contributed by atoms with Gasteiger partial charge >= 0.3 is 0 Å². The van der Waals surface area contributed by atoms with E-state index in [0.717, 1.165) is 11.5 Å². The third kappa shape index (κ3) is 5.17. The van der Waals surface area contributed by atoms with E-state index in [-0.39, 0.29) is 24.2 Å². The van der Waals surface area contributed by atoms with Crippen molar-refractivity contribution in [3.8, 4) is 0 Å². The Morgan fingerprint density at radius 2 is 2.00 bits per heavy atom. The number of likely N-dealkylation sites (N-methyl/N-ethyl adjacent to an activating group) is 1. The number of hydrogen-bond donors (Lipinski definition) is 1. The van der Waals surface area contributed by atoms with Crippen LogP contribution in [0.3, 0.4) is 0 Å². The highest BCUT2D eigenvalue weighted by Gasteiger charge is 2.21. The highest BCUT2D eigenvalue weighted by Crippen LogP contribution is 2.08. The molecule has 0 fully saturated rings. The minimum absolute atomic E-state index is 0.0161. The summed E-state index contributed by atoms with van der Waals surface area (Å²) in [6, 6.07) is 3.38. The second-order valence-corrected chi connectivity index (χ2v) is 5.58. The molecule has 5 heteroatoms. The lowest BCUT2D eigenvalue weighted by Crippen LogP contribution is -2.46. The molecule has 1 atom stereocenters. The summed E-state index contributed by atoms with van der Waals surface area (Å²) in [6.07, 6.45) is 0. The molecule has 1 aromatic heterocycles. The van der Waals surface area contributed by atoms with Crippen molar-refractivity contribution in [1.29, 1.82) is 0 Å². The predicted molar refractivity (Wildman–Crippen MR) is 77.2 cm³/mol. The average Bonchev–Trinajstić information content (AvgIpc) is 2.70. The number of rotatable bonds is 7. The topological polar surface area (TPSA) is 62.6 Å². The smallest absolute Gasteiger partial charge is 0.234 e. The van der Waals surface area contributed by atoms with Crippen molar-refractivity contribution in [2.45, 2.75) is 40.3 Å². The molecular formula is C15H24N2O3. The van der Waals surface area contributed by atoms with Crippen LogP contribution in [0, 0.1) is 12.8 Å². The standard InChI is InChI=1S/C15H24N2O3/c1-10(2)15(12(4)18)16-14(19)9-17(5)8-13-7-6-11(3)20-13/h6-7,10,15H,8-9H2,1-5H3,(H,16,19). The Morgan fingerprint density at radius 1 is 1.35 bits per heavy atom. The van der Waals surface area contributed by atoms with Gasteiger partial charge in [-0.1, -0.05) is 13.8 Å². The lowest BCUT2D eigenvalue weighted by molar-refractivity contribution is -0.128.